The fourth-order valence-corrected chi connectivity index (χ4v) is 3.06. The SMILES string of the molecule is Cn1nccc1CCC1CCCCC(Cl)C1. The molecular formula is C13H21ClN2. The summed E-state index contributed by atoms with van der Waals surface area (Å²) in [6.07, 6.45) is 10.8. The summed E-state index contributed by atoms with van der Waals surface area (Å²) in [4.78, 5) is 0. The first kappa shape index (κ1) is 12.0. The second kappa shape index (κ2) is 5.72. The summed E-state index contributed by atoms with van der Waals surface area (Å²) < 4.78 is 1.98. The van der Waals surface area contributed by atoms with E-state index in [2.05, 4.69) is 11.2 Å². The predicted molar refractivity (Wildman–Crippen MR) is 67.7 cm³/mol. The Hall–Kier alpha value is -0.500. The number of rotatable bonds is 3. The summed E-state index contributed by atoms with van der Waals surface area (Å²) in [7, 11) is 2.02. The number of hydrogen-bond acceptors (Lipinski definition) is 1. The van der Waals surface area contributed by atoms with E-state index in [4.69, 9.17) is 11.6 Å². The highest BCUT2D eigenvalue weighted by molar-refractivity contribution is 6.20. The lowest BCUT2D eigenvalue weighted by atomic mass is 9.94. The van der Waals surface area contributed by atoms with Crippen molar-refractivity contribution in [3.05, 3.63) is 18.0 Å². The minimum atomic E-state index is 0.416. The van der Waals surface area contributed by atoms with Crippen molar-refractivity contribution in [1.29, 1.82) is 0 Å². The quantitative estimate of drug-likeness (QED) is 0.584. The summed E-state index contributed by atoms with van der Waals surface area (Å²) in [5, 5.41) is 4.62. The molecule has 1 aliphatic carbocycles. The van der Waals surface area contributed by atoms with Gasteiger partial charge in [0.25, 0.3) is 0 Å². The molecule has 1 saturated carbocycles. The summed E-state index contributed by atoms with van der Waals surface area (Å²) in [5.41, 5.74) is 1.34. The zero-order valence-corrected chi connectivity index (χ0v) is 10.8. The predicted octanol–water partition coefficient (Wildman–Crippen LogP) is 3.54. The summed E-state index contributed by atoms with van der Waals surface area (Å²) in [5.74, 6) is 0.819. The second-order valence-electron chi connectivity index (χ2n) is 4.97. The van der Waals surface area contributed by atoms with Gasteiger partial charge in [-0.05, 0) is 37.7 Å². The van der Waals surface area contributed by atoms with Crippen LogP contribution < -0.4 is 0 Å². The molecule has 2 rings (SSSR count). The first-order chi connectivity index (χ1) is 7.75. The molecule has 2 nitrogen and oxygen atoms in total. The molecule has 16 heavy (non-hydrogen) atoms. The molecule has 0 radical (unpaired) electrons. The summed E-state index contributed by atoms with van der Waals surface area (Å²) in [6, 6.07) is 2.12. The molecule has 1 heterocycles. The summed E-state index contributed by atoms with van der Waals surface area (Å²) in [6.45, 7) is 0. The second-order valence-corrected chi connectivity index (χ2v) is 5.59. The van der Waals surface area contributed by atoms with Crippen LogP contribution in [-0.4, -0.2) is 15.2 Å². The van der Waals surface area contributed by atoms with E-state index in [1.807, 2.05) is 17.9 Å². The fourth-order valence-electron chi connectivity index (χ4n) is 2.66. The van der Waals surface area contributed by atoms with E-state index in [0.717, 1.165) is 12.3 Å². The standard InChI is InChI=1S/C13H21ClN2/c1-16-13(8-9-15-16)7-6-11-4-2-3-5-12(14)10-11/h8-9,11-12H,2-7,10H2,1H3. The number of aryl methyl sites for hydroxylation is 2. The molecule has 0 amide bonds. The normalized spacial score (nSPS) is 26.6. The Morgan fingerprint density at radius 2 is 2.25 bits per heavy atom. The topological polar surface area (TPSA) is 17.8 Å². The highest BCUT2D eigenvalue weighted by Gasteiger charge is 2.18. The van der Waals surface area contributed by atoms with Crippen molar-refractivity contribution < 1.29 is 0 Å². The molecule has 1 fully saturated rings. The third kappa shape index (κ3) is 3.24. The molecule has 0 saturated heterocycles. The first-order valence-corrected chi connectivity index (χ1v) is 6.80. The zero-order chi connectivity index (χ0) is 11.4. The Balaban J connectivity index is 1.82. The van der Waals surface area contributed by atoms with Crippen LogP contribution in [-0.2, 0) is 13.5 Å². The molecule has 0 aromatic carbocycles. The molecule has 0 bridgehead atoms. The van der Waals surface area contributed by atoms with Gasteiger partial charge in [0, 0.05) is 24.3 Å². The molecule has 1 aromatic rings. The number of hydrogen-bond donors (Lipinski definition) is 0. The van der Waals surface area contributed by atoms with Crippen LogP contribution in [0.25, 0.3) is 0 Å². The van der Waals surface area contributed by atoms with Crippen LogP contribution in [0.15, 0.2) is 12.3 Å². The van der Waals surface area contributed by atoms with Crippen LogP contribution >= 0.6 is 11.6 Å². The van der Waals surface area contributed by atoms with Gasteiger partial charge < -0.3 is 0 Å². The van der Waals surface area contributed by atoms with Crippen molar-refractivity contribution >= 4 is 11.6 Å². The third-order valence-electron chi connectivity index (χ3n) is 3.70. The third-order valence-corrected chi connectivity index (χ3v) is 4.10. The van der Waals surface area contributed by atoms with Crippen LogP contribution in [0.5, 0.6) is 0 Å². The van der Waals surface area contributed by atoms with E-state index >= 15 is 0 Å². The monoisotopic (exact) mass is 240 g/mol. The summed E-state index contributed by atoms with van der Waals surface area (Å²) >= 11 is 6.29. The van der Waals surface area contributed by atoms with E-state index in [-0.39, 0.29) is 0 Å². The molecule has 1 aliphatic rings. The van der Waals surface area contributed by atoms with E-state index in [9.17, 15) is 0 Å². The highest BCUT2D eigenvalue weighted by Crippen LogP contribution is 2.29. The van der Waals surface area contributed by atoms with Gasteiger partial charge >= 0.3 is 0 Å². The minimum absolute atomic E-state index is 0.416. The molecular weight excluding hydrogens is 220 g/mol. The van der Waals surface area contributed by atoms with Gasteiger partial charge in [0.15, 0.2) is 0 Å². The molecule has 2 unspecified atom stereocenters. The van der Waals surface area contributed by atoms with Crippen LogP contribution in [0, 0.1) is 5.92 Å². The van der Waals surface area contributed by atoms with E-state index in [1.165, 1.54) is 44.2 Å². The Kier molecular flexibility index (Phi) is 4.28. The van der Waals surface area contributed by atoms with Crippen molar-refractivity contribution in [2.45, 2.75) is 50.3 Å². The minimum Gasteiger partial charge on any atom is -0.273 e. The van der Waals surface area contributed by atoms with Gasteiger partial charge in [0.1, 0.15) is 0 Å². The zero-order valence-electron chi connectivity index (χ0n) is 10.0. The van der Waals surface area contributed by atoms with Crippen LogP contribution in [0.4, 0.5) is 0 Å². The lowest BCUT2D eigenvalue weighted by Crippen LogP contribution is -2.08. The molecule has 2 atom stereocenters. The van der Waals surface area contributed by atoms with E-state index in [0.29, 0.717) is 5.38 Å². The molecule has 0 spiro atoms. The number of nitrogens with zero attached hydrogens (tertiary/aromatic N) is 2. The van der Waals surface area contributed by atoms with Gasteiger partial charge in [-0.3, -0.25) is 4.68 Å². The van der Waals surface area contributed by atoms with Gasteiger partial charge in [-0.1, -0.05) is 19.3 Å². The van der Waals surface area contributed by atoms with Crippen LogP contribution in [0.2, 0.25) is 0 Å². The molecule has 3 heteroatoms. The highest BCUT2D eigenvalue weighted by atomic mass is 35.5. The number of halogens is 1. The molecule has 90 valence electrons. The molecule has 1 aromatic heterocycles. The van der Waals surface area contributed by atoms with Crippen molar-refractivity contribution in [3.63, 3.8) is 0 Å². The number of aromatic nitrogens is 2. The maximum absolute atomic E-state index is 6.29. The molecule has 0 N–H and O–H groups in total. The van der Waals surface area contributed by atoms with E-state index < -0.39 is 0 Å². The number of alkyl halides is 1. The largest absolute Gasteiger partial charge is 0.273 e. The van der Waals surface area contributed by atoms with Gasteiger partial charge in [-0.2, -0.15) is 5.10 Å². The average Bonchev–Trinajstić information content (AvgIpc) is 2.54. The van der Waals surface area contributed by atoms with Gasteiger partial charge in [0.2, 0.25) is 0 Å². The maximum atomic E-state index is 6.29. The Labute approximate surface area is 103 Å². The Morgan fingerprint density at radius 1 is 1.44 bits per heavy atom. The lowest BCUT2D eigenvalue weighted by molar-refractivity contribution is 0.425. The van der Waals surface area contributed by atoms with E-state index in [1.54, 1.807) is 0 Å². The Bertz CT molecular complexity index is 321. The first-order valence-electron chi connectivity index (χ1n) is 6.36. The van der Waals surface area contributed by atoms with Crippen molar-refractivity contribution in [2.75, 3.05) is 0 Å². The van der Waals surface area contributed by atoms with Gasteiger partial charge in [-0.25, -0.2) is 0 Å². The van der Waals surface area contributed by atoms with Crippen molar-refractivity contribution in [3.8, 4) is 0 Å². The van der Waals surface area contributed by atoms with Gasteiger partial charge in [-0.15, -0.1) is 11.6 Å². The Morgan fingerprint density at radius 3 is 3.00 bits per heavy atom. The maximum Gasteiger partial charge on any atom is 0.0492 e. The average molecular weight is 241 g/mol. The van der Waals surface area contributed by atoms with Crippen molar-refractivity contribution in [1.82, 2.24) is 9.78 Å². The van der Waals surface area contributed by atoms with Crippen LogP contribution in [0.3, 0.4) is 0 Å². The fraction of sp³-hybridized carbons (Fsp3) is 0.769. The molecule has 0 aliphatic heterocycles. The smallest absolute Gasteiger partial charge is 0.0492 e. The van der Waals surface area contributed by atoms with Crippen LogP contribution in [0.1, 0.15) is 44.2 Å². The lowest BCUT2D eigenvalue weighted by Gasteiger charge is -2.15. The van der Waals surface area contributed by atoms with Gasteiger partial charge in [0.05, 0.1) is 0 Å². The van der Waals surface area contributed by atoms with Crippen molar-refractivity contribution in [2.24, 2.45) is 13.0 Å².